The number of non-ortho nitro benzene ring substituents is 1. The number of benzene rings is 3. The summed E-state index contributed by atoms with van der Waals surface area (Å²) >= 11 is 3.42. The van der Waals surface area contributed by atoms with Gasteiger partial charge in [-0.1, -0.05) is 24.3 Å². The summed E-state index contributed by atoms with van der Waals surface area (Å²) in [5.41, 5.74) is 1.87. The van der Waals surface area contributed by atoms with Gasteiger partial charge in [-0.3, -0.25) is 10.1 Å². The highest BCUT2D eigenvalue weighted by molar-refractivity contribution is 9.10. The van der Waals surface area contributed by atoms with E-state index in [2.05, 4.69) is 20.9 Å². The minimum absolute atomic E-state index is 0.00416. The summed E-state index contributed by atoms with van der Waals surface area (Å²) in [7, 11) is 0. The Balaban J connectivity index is 1.66. The fourth-order valence-corrected chi connectivity index (χ4v) is 3.97. The highest BCUT2D eigenvalue weighted by Gasteiger charge is 2.26. The van der Waals surface area contributed by atoms with Crippen LogP contribution in [0.15, 0.2) is 75.8 Å². The fraction of sp³-hybridized carbons (Fsp3) is 0.115. The molecule has 0 fully saturated rings. The van der Waals surface area contributed by atoms with Gasteiger partial charge in [0, 0.05) is 17.7 Å². The summed E-state index contributed by atoms with van der Waals surface area (Å²) in [6, 6.07) is 16.0. The van der Waals surface area contributed by atoms with Crippen LogP contribution >= 0.6 is 15.9 Å². The lowest BCUT2D eigenvalue weighted by molar-refractivity contribution is -0.384. The van der Waals surface area contributed by atoms with E-state index in [4.69, 9.17) is 14.2 Å². The van der Waals surface area contributed by atoms with E-state index in [9.17, 15) is 19.7 Å². The molecule has 1 aliphatic rings. The Hall–Kier alpha value is -4.31. The van der Waals surface area contributed by atoms with Crippen molar-refractivity contribution < 1.29 is 28.7 Å². The molecule has 0 unspecified atom stereocenters. The Morgan fingerprint density at radius 2 is 1.94 bits per heavy atom. The number of hydrogen-bond acceptors (Lipinski definition) is 8. The number of esters is 2. The molecular weight excluding hydrogens is 532 g/mol. The molecule has 1 heterocycles. The second-order valence-corrected chi connectivity index (χ2v) is 8.47. The van der Waals surface area contributed by atoms with Crippen LogP contribution in [0.5, 0.6) is 11.5 Å². The van der Waals surface area contributed by atoms with E-state index in [0.717, 1.165) is 5.56 Å². The quantitative estimate of drug-likeness (QED) is 0.123. The molecule has 0 radical (unpaired) electrons. The van der Waals surface area contributed by atoms with E-state index in [1.165, 1.54) is 24.3 Å². The number of carbonyl (C=O) groups excluding carboxylic acids is 2. The molecule has 4 rings (SSSR count). The molecule has 9 nitrogen and oxygen atoms in total. The second-order valence-electron chi connectivity index (χ2n) is 7.61. The fourth-order valence-electron chi connectivity index (χ4n) is 3.43. The van der Waals surface area contributed by atoms with Crippen molar-refractivity contribution >= 4 is 45.5 Å². The molecule has 0 spiro atoms. The Bertz CT molecular complexity index is 1450. The van der Waals surface area contributed by atoms with Gasteiger partial charge < -0.3 is 14.2 Å². The zero-order valence-electron chi connectivity index (χ0n) is 19.2. The Kier molecular flexibility index (Phi) is 7.25. The maximum atomic E-state index is 12.8. The Morgan fingerprint density at radius 3 is 2.67 bits per heavy atom. The van der Waals surface area contributed by atoms with Crippen molar-refractivity contribution in [1.29, 1.82) is 0 Å². The first-order chi connectivity index (χ1) is 17.3. The smallest absolute Gasteiger partial charge is 0.363 e. The summed E-state index contributed by atoms with van der Waals surface area (Å²) in [5, 5.41) is 11.0. The van der Waals surface area contributed by atoms with Crippen molar-refractivity contribution in [2.75, 3.05) is 6.61 Å². The van der Waals surface area contributed by atoms with E-state index in [1.807, 2.05) is 19.1 Å². The van der Waals surface area contributed by atoms with Crippen molar-refractivity contribution in [2.24, 2.45) is 4.99 Å². The van der Waals surface area contributed by atoms with E-state index in [1.54, 1.807) is 37.3 Å². The molecule has 3 aromatic rings. The highest BCUT2D eigenvalue weighted by Crippen LogP contribution is 2.38. The van der Waals surface area contributed by atoms with Crippen LogP contribution in [-0.4, -0.2) is 29.4 Å². The number of halogens is 1. The Morgan fingerprint density at radius 1 is 1.17 bits per heavy atom. The van der Waals surface area contributed by atoms with Gasteiger partial charge in [0.1, 0.15) is 0 Å². The van der Waals surface area contributed by atoms with Crippen LogP contribution in [0.3, 0.4) is 0 Å². The van der Waals surface area contributed by atoms with Gasteiger partial charge >= 0.3 is 11.9 Å². The summed E-state index contributed by atoms with van der Waals surface area (Å²) in [5.74, 6) is -0.799. The molecule has 0 bridgehead atoms. The maximum absolute atomic E-state index is 12.8. The minimum atomic E-state index is -0.708. The van der Waals surface area contributed by atoms with Crippen LogP contribution in [0.1, 0.15) is 34.0 Å². The standard InChI is InChI=1S/C26H19BrN2O7/c1-3-34-22-13-16(11-20(27)23(22)35-25(30)19-10-5-4-7-15(19)2)12-21-26(31)36-24(28-21)17-8-6-9-18(14-17)29(32)33/h4-14H,3H2,1-2H3/b21-12-. The predicted molar refractivity (Wildman–Crippen MR) is 135 cm³/mol. The normalized spacial score (nSPS) is 13.8. The van der Waals surface area contributed by atoms with E-state index >= 15 is 0 Å². The summed E-state index contributed by atoms with van der Waals surface area (Å²) in [4.78, 5) is 39.9. The van der Waals surface area contributed by atoms with Gasteiger partial charge in [-0.15, -0.1) is 0 Å². The van der Waals surface area contributed by atoms with E-state index in [0.29, 0.717) is 27.8 Å². The highest BCUT2D eigenvalue weighted by atomic mass is 79.9. The molecule has 182 valence electrons. The molecule has 0 saturated carbocycles. The van der Waals surface area contributed by atoms with Gasteiger partial charge in [0.25, 0.3) is 5.69 Å². The zero-order chi connectivity index (χ0) is 25.8. The van der Waals surface area contributed by atoms with Gasteiger partial charge in [0.2, 0.25) is 5.90 Å². The van der Waals surface area contributed by atoms with Gasteiger partial charge in [-0.05, 0) is 71.2 Å². The van der Waals surface area contributed by atoms with Gasteiger partial charge in [0.15, 0.2) is 17.2 Å². The number of nitro groups is 1. The third-order valence-corrected chi connectivity index (χ3v) is 5.71. The van der Waals surface area contributed by atoms with E-state index in [-0.39, 0.29) is 28.8 Å². The number of cyclic esters (lactones) is 1. The number of hydrogen-bond donors (Lipinski definition) is 0. The van der Waals surface area contributed by atoms with Crippen molar-refractivity contribution in [1.82, 2.24) is 0 Å². The van der Waals surface area contributed by atoms with Crippen LogP contribution in [0.2, 0.25) is 0 Å². The third-order valence-electron chi connectivity index (χ3n) is 5.12. The first kappa shape index (κ1) is 24.8. The van der Waals surface area contributed by atoms with Crippen LogP contribution in [0, 0.1) is 17.0 Å². The van der Waals surface area contributed by atoms with Crippen LogP contribution in [-0.2, 0) is 9.53 Å². The lowest BCUT2D eigenvalue weighted by Gasteiger charge is -2.14. The molecule has 0 N–H and O–H groups in total. The molecule has 0 atom stereocenters. The first-order valence-electron chi connectivity index (χ1n) is 10.8. The number of ether oxygens (including phenoxy) is 3. The average Bonchev–Trinajstić information content (AvgIpc) is 3.21. The number of aliphatic imine (C=N–C) groups is 1. The number of rotatable bonds is 7. The lowest BCUT2D eigenvalue weighted by Crippen LogP contribution is -2.11. The summed E-state index contributed by atoms with van der Waals surface area (Å²) in [6.07, 6.45) is 1.48. The number of nitro benzene ring substituents is 1. The van der Waals surface area contributed by atoms with Gasteiger partial charge in [0.05, 0.1) is 21.6 Å². The first-order valence-corrected chi connectivity index (χ1v) is 11.6. The number of nitrogens with zero attached hydrogens (tertiary/aromatic N) is 2. The third kappa shape index (κ3) is 5.33. The minimum Gasteiger partial charge on any atom is -0.490 e. The topological polar surface area (TPSA) is 117 Å². The molecule has 36 heavy (non-hydrogen) atoms. The van der Waals surface area contributed by atoms with Crippen LogP contribution in [0.4, 0.5) is 5.69 Å². The maximum Gasteiger partial charge on any atom is 0.363 e. The van der Waals surface area contributed by atoms with Crippen LogP contribution in [0.25, 0.3) is 6.08 Å². The molecule has 0 saturated heterocycles. The molecule has 1 aliphatic heterocycles. The lowest BCUT2D eigenvalue weighted by atomic mass is 10.1. The second kappa shape index (κ2) is 10.5. The molecule has 3 aromatic carbocycles. The average molecular weight is 551 g/mol. The SMILES string of the molecule is CCOc1cc(/C=C2\N=C(c3cccc([N+](=O)[O-])c3)OC2=O)cc(Br)c1OC(=O)c1ccccc1C. The van der Waals surface area contributed by atoms with Crippen molar-refractivity contribution in [2.45, 2.75) is 13.8 Å². The van der Waals surface area contributed by atoms with Crippen molar-refractivity contribution in [3.8, 4) is 11.5 Å². The number of carbonyl (C=O) groups is 2. The van der Waals surface area contributed by atoms with Gasteiger partial charge in [-0.25, -0.2) is 14.6 Å². The Labute approximate surface area is 214 Å². The number of aryl methyl sites for hydroxylation is 1. The molecule has 0 aliphatic carbocycles. The molecule has 0 amide bonds. The van der Waals surface area contributed by atoms with Crippen LogP contribution < -0.4 is 9.47 Å². The predicted octanol–water partition coefficient (Wildman–Crippen LogP) is 5.63. The monoisotopic (exact) mass is 550 g/mol. The van der Waals surface area contributed by atoms with Gasteiger partial charge in [-0.2, -0.15) is 0 Å². The van der Waals surface area contributed by atoms with Crippen molar-refractivity contribution in [3.63, 3.8) is 0 Å². The van der Waals surface area contributed by atoms with E-state index < -0.39 is 16.9 Å². The molecular formula is C26H19BrN2O7. The largest absolute Gasteiger partial charge is 0.490 e. The van der Waals surface area contributed by atoms with Crippen molar-refractivity contribution in [3.05, 3.63) is 103 Å². The molecule has 10 heteroatoms. The molecule has 0 aromatic heterocycles. The summed E-state index contributed by atoms with van der Waals surface area (Å²) < 4.78 is 17.0. The summed E-state index contributed by atoms with van der Waals surface area (Å²) in [6.45, 7) is 3.90. The zero-order valence-corrected chi connectivity index (χ0v) is 20.8.